The zero-order valence-electron chi connectivity index (χ0n) is 12.9. The van der Waals surface area contributed by atoms with Gasteiger partial charge in [-0.25, -0.2) is 9.18 Å². The van der Waals surface area contributed by atoms with Crippen molar-refractivity contribution in [3.63, 3.8) is 0 Å². The first-order chi connectivity index (χ1) is 12.7. The Morgan fingerprint density at radius 2 is 2.12 bits per heavy atom. The number of thiophene rings is 1. The number of benzene rings is 1. The molecule has 0 bridgehead atoms. The number of halogens is 1. The highest BCUT2D eigenvalue weighted by molar-refractivity contribution is 7.12. The molecule has 4 aromatic rings. The summed E-state index contributed by atoms with van der Waals surface area (Å²) in [6.45, 7) is -0.170. The summed E-state index contributed by atoms with van der Waals surface area (Å²) in [5, 5.41) is 16.3. The van der Waals surface area contributed by atoms with Gasteiger partial charge in [-0.1, -0.05) is 5.16 Å². The number of ether oxygens (including phenoxy) is 1. The molecule has 0 aliphatic carbocycles. The van der Waals surface area contributed by atoms with Crippen LogP contribution in [0.1, 0.15) is 15.5 Å². The molecule has 26 heavy (non-hydrogen) atoms. The number of aromatic nitrogens is 6. The molecule has 9 nitrogen and oxygen atoms in total. The second kappa shape index (κ2) is 6.80. The van der Waals surface area contributed by atoms with Crippen molar-refractivity contribution in [2.24, 2.45) is 0 Å². The lowest BCUT2D eigenvalue weighted by Gasteiger charge is -2.02. The molecular formula is C15H9FN6O3S. The molecule has 0 spiro atoms. The Bertz CT molecular complexity index is 1030. The van der Waals surface area contributed by atoms with Crippen LogP contribution in [-0.2, 0) is 11.3 Å². The number of esters is 1. The monoisotopic (exact) mass is 372 g/mol. The van der Waals surface area contributed by atoms with Crippen LogP contribution in [0.4, 0.5) is 4.39 Å². The summed E-state index contributed by atoms with van der Waals surface area (Å²) in [7, 11) is 0. The quantitative estimate of drug-likeness (QED) is 0.491. The van der Waals surface area contributed by atoms with Crippen LogP contribution in [-0.4, -0.2) is 36.3 Å². The summed E-state index contributed by atoms with van der Waals surface area (Å²) < 4.78 is 24.6. The predicted octanol–water partition coefficient (Wildman–Crippen LogP) is 2.27. The average molecular weight is 372 g/mol. The lowest BCUT2D eigenvalue weighted by atomic mass is 10.2. The highest BCUT2D eigenvalue weighted by Gasteiger charge is 2.18. The normalized spacial score (nSPS) is 10.8. The Hall–Kier alpha value is -3.47. The van der Waals surface area contributed by atoms with E-state index in [0.717, 1.165) is 0 Å². The van der Waals surface area contributed by atoms with E-state index in [2.05, 4.69) is 25.7 Å². The first-order valence-electron chi connectivity index (χ1n) is 7.27. The van der Waals surface area contributed by atoms with Gasteiger partial charge < -0.3 is 9.26 Å². The molecular weight excluding hydrogens is 363 g/mol. The van der Waals surface area contributed by atoms with Crippen LogP contribution >= 0.6 is 11.3 Å². The maximum Gasteiger partial charge on any atom is 0.351 e. The van der Waals surface area contributed by atoms with Gasteiger partial charge in [-0.2, -0.15) is 9.67 Å². The SMILES string of the molecule is O=C(OCc1noc(-c2ccc(F)cc2)n1)c1sccc1-n1cnnn1. The molecule has 0 radical (unpaired) electrons. The molecule has 0 saturated heterocycles. The molecule has 130 valence electrons. The molecule has 11 heteroatoms. The van der Waals surface area contributed by atoms with Crippen LogP contribution in [0.25, 0.3) is 17.1 Å². The van der Waals surface area contributed by atoms with Crippen molar-refractivity contribution in [3.8, 4) is 17.1 Å². The lowest BCUT2D eigenvalue weighted by Crippen LogP contribution is -2.08. The summed E-state index contributed by atoms with van der Waals surface area (Å²) in [6, 6.07) is 7.32. The van der Waals surface area contributed by atoms with Crippen LogP contribution in [0.5, 0.6) is 0 Å². The second-order valence-electron chi connectivity index (χ2n) is 4.99. The standard InChI is InChI=1S/C15H9FN6O3S/c16-10-3-1-9(2-4-10)14-18-12(19-25-14)7-24-15(23)13-11(5-6-26-13)22-8-17-20-21-22/h1-6,8H,7H2. The van der Waals surface area contributed by atoms with Crippen molar-refractivity contribution in [3.05, 3.63) is 58.6 Å². The maximum atomic E-state index is 12.9. The Morgan fingerprint density at radius 3 is 2.88 bits per heavy atom. The zero-order valence-corrected chi connectivity index (χ0v) is 13.8. The van der Waals surface area contributed by atoms with E-state index in [4.69, 9.17) is 9.26 Å². The van der Waals surface area contributed by atoms with Gasteiger partial charge in [0.2, 0.25) is 5.82 Å². The zero-order chi connectivity index (χ0) is 17.9. The number of hydrogen-bond donors (Lipinski definition) is 0. The molecule has 3 heterocycles. The largest absolute Gasteiger partial charge is 0.453 e. The van der Waals surface area contributed by atoms with Gasteiger partial charge in [0.25, 0.3) is 5.89 Å². The summed E-state index contributed by atoms with van der Waals surface area (Å²) >= 11 is 1.20. The Balaban J connectivity index is 1.44. The molecule has 0 atom stereocenters. The smallest absolute Gasteiger partial charge is 0.351 e. The third-order valence-corrected chi connectivity index (χ3v) is 4.20. The maximum absolute atomic E-state index is 12.9. The Labute approximate surface area is 149 Å². The fourth-order valence-electron chi connectivity index (χ4n) is 2.13. The molecule has 0 N–H and O–H groups in total. The second-order valence-corrected chi connectivity index (χ2v) is 5.90. The minimum Gasteiger partial charge on any atom is -0.453 e. The predicted molar refractivity (Wildman–Crippen MR) is 85.8 cm³/mol. The van der Waals surface area contributed by atoms with E-state index in [1.54, 1.807) is 11.4 Å². The van der Waals surface area contributed by atoms with Crippen LogP contribution in [0.15, 0.2) is 46.6 Å². The molecule has 0 aliphatic heterocycles. The van der Waals surface area contributed by atoms with E-state index in [1.165, 1.54) is 46.6 Å². The van der Waals surface area contributed by atoms with E-state index in [-0.39, 0.29) is 24.1 Å². The van der Waals surface area contributed by atoms with E-state index < -0.39 is 5.97 Å². The number of carbonyl (C=O) groups is 1. The van der Waals surface area contributed by atoms with Crippen molar-refractivity contribution < 1.29 is 18.4 Å². The van der Waals surface area contributed by atoms with Gasteiger partial charge in [0.05, 0.1) is 5.69 Å². The molecule has 0 unspecified atom stereocenters. The van der Waals surface area contributed by atoms with Gasteiger partial charge in [0.1, 0.15) is 17.0 Å². The summed E-state index contributed by atoms with van der Waals surface area (Å²) in [5.41, 5.74) is 1.08. The van der Waals surface area contributed by atoms with Crippen LogP contribution in [0, 0.1) is 5.82 Å². The summed E-state index contributed by atoms with van der Waals surface area (Å²) in [5.74, 6) is -0.518. The van der Waals surface area contributed by atoms with E-state index in [1.807, 2.05) is 0 Å². The van der Waals surface area contributed by atoms with Crippen molar-refractivity contribution in [1.29, 1.82) is 0 Å². The highest BCUT2D eigenvalue weighted by Crippen LogP contribution is 2.22. The Morgan fingerprint density at radius 1 is 1.27 bits per heavy atom. The summed E-state index contributed by atoms with van der Waals surface area (Å²) in [6.07, 6.45) is 1.38. The van der Waals surface area contributed by atoms with Gasteiger partial charge in [0.15, 0.2) is 6.61 Å². The van der Waals surface area contributed by atoms with Crippen LogP contribution in [0.2, 0.25) is 0 Å². The summed E-state index contributed by atoms with van der Waals surface area (Å²) in [4.78, 5) is 16.8. The van der Waals surface area contributed by atoms with E-state index in [0.29, 0.717) is 16.1 Å². The molecule has 3 aromatic heterocycles. The van der Waals surface area contributed by atoms with Gasteiger partial charge in [-0.3, -0.25) is 0 Å². The van der Waals surface area contributed by atoms with Gasteiger partial charge in [0, 0.05) is 5.56 Å². The molecule has 4 rings (SSSR count). The minimum atomic E-state index is -0.557. The Kier molecular flexibility index (Phi) is 4.19. The van der Waals surface area contributed by atoms with Crippen molar-refractivity contribution in [2.75, 3.05) is 0 Å². The molecule has 0 aliphatic rings. The van der Waals surface area contributed by atoms with Crippen molar-refractivity contribution >= 4 is 17.3 Å². The number of tetrazole rings is 1. The average Bonchev–Trinajstić information content (AvgIpc) is 3.40. The first kappa shape index (κ1) is 16.0. The number of carbonyl (C=O) groups excluding carboxylic acids is 1. The molecule has 0 saturated carbocycles. The van der Waals surface area contributed by atoms with E-state index >= 15 is 0 Å². The number of nitrogens with zero attached hydrogens (tertiary/aromatic N) is 6. The molecule has 0 fully saturated rings. The van der Waals surface area contributed by atoms with Crippen molar-refractivity contribution in [2.45, 2.75) is 6.61 Å². The van der Waals surface area contributed by atoms with Crippen LogP contribution < -0.4 is 0 Å². The fourth-order valence-corrected chi connectivity index (χ4v) is 2.90. The van der Waals surface area contributed by atoms with E-state index in [9.17, 15) is 9.18 Å². The van der Waals surface area contributed by atoms with Crippen molar-refractivity contribution in [1.82, 2.24) is 30.3 Å². The number of rotatable bonds is 5. The number of hydrogen-bond acceptors (Lipinski definition) is 9. The highest BCUT2D eigenvalue weighted by atomic mass is 32.1. The molecule has 0 amide bonds. The van der Waals surface area contributed by atoms with Crippen LogP contribution in [0.3, 0.4) is 0 Å². The molecule has 1 aromatic carbocycles. The van der Waals surface area contributed by atoms with Gasteiger partial charge >= 0.3 is 5.97 Å². The first-order valence-corrected chi connectivity index (χ1v) is 8.15. The minimum absolute atomic E-state index is 0.170. The topological polar surface area (TPSA) is 109 Å². The third-order valence-electron chi connectivity index (χ3n) is 3.32. The third kappa shape index (κ3) is 3.19. The van der Waals surface area contributed by atoms with Gasteiger partial charge in [-0.15, -0.1) is 16.4 Å². The lowest BCUT2D eigenvalue weighted by molar-refractivity contribution is 0.0465. The van der Waals surface area contributed by atoms with Gasteiger partial charge in [-0.05, 0) is 46.1 Å². The fraction of sp³-hybridized carbons (Fsp3) is 0.0667.